The quantitative estimate of drug-likeness (QED) is 0.887. The van der Waals surface area contributed by atoms with E-state index in [1.165, 1.54) is 18.3 Å². The molecule has 0 radical (unpaired) electrons. The van der Waals surface area contributed by atoms with Crippen molar-refractivity contribution >= 4 is 5.91 Å². The predicted octanol–water partition coefficient (Wildman–Crippen LogP) is 2.12. The van der Waals surface area contributed by atoms with E-state index in [1.54, 1.807) is 24.4 Å². The number of amides is 1. The van der Waals surface area contributed by atoms with Gasteiger partial charge in [0.1, 0.15) is 5.75 Å². The van der Waals surface area contributed by atoms with Gasteiger partial charge in [0.25, 0.3) is 0 Å². The van der Waals surface area contributed by atoms with E-state index in [2.05, 4.69) is 10.3 Å². The number of ether oxygens (including phenoxy) is 1. The van der Waals surface area contributed by atoms with E-state index in [-0.39, 0.29) is 18.2 Å². The molecule has 3 rings (SSSR count). The molecule has 1 aromatic carbocycles. The second kappa shape index (κ2) is 5.73. The Morgan fingerprint density at radius 1 is 1.41 bits per heavy atom. The zero-order valence-corrected chi connectivity index (χ0v) is 11.9. The van der Waals surface area contributed by atoms with Crippen LogP contribution in [0.4, 0.5) is 4.39 Å². The number of nitrogens with zero attached hydrogens (tertiary/aromatic N) is 1. The highest BCUT2D eigenvalue weighted by Crippen LogP contribution is 2.32. The number of carbonyl (C=O) groups excluding carboxylic acids is 1. The third-order valence-electron chi connectivity index (χ3n) is 3.55. The molecule has 1 aliphatic carbocycles. The van der Waals surface area contributed by atoms with Crippen molar-refractivity contribution in [3.63, 3.8) is 0 Å². The van der Waals surface area contributed by atoms with Crippen LogP contribution in [0.15, 0.2) is 42.7 Å². The minimum atomic E-state index is -0.720. The highest BCUT2D eigenvalue weighted by Gasteiger charge is 2.45. The molecule has 1 aromatic heterocycles. The summed E-state index contributed by atoms with van der Waals surface area (Å²) in [6.07, 6.45) is 4.51. The largest absolute Gasteiger partial charge is 0.453 e. The summed E-state index contributed by atoms with van der Waals surface area (Å²) < 4.78 is 19.4. The number of aromatic nitrogens is 1. The van der Waals surface area contributed by atoms with Crippen LogP contribution in [0.1, 0.15) is 18.4 Å². The summed E-state index contributed by atoms with van der Waals surface area (Å²) >= 11 is 0. The van der Waals surface area contributed by atoms with Crippen molar-refractivity contribution in [3.8, 4) is 11.5 Å². The van der Waals surface area contributed by atoms with Gasteiger partial charge in [-0.05, 0) is 42.7 Å². The molecule has 5 nitrogen and oxygen atoms in total. The Morgan fingerprint density at radius 2 is 2.23 bits per heavy atom. The van der Waals surface area contributed by atoms with Crippen LogP contribution < -0.4 is 15.8 Å². The summed E-state index contributed by atoms with van der Waals surface area (Å²) in [6.45, 7) is 0.238. The first-order valence-corrected chi connectivity index (χ1v) is 7.00. The van der Waals surface area contributed by atoms with Gasteiger partial charge in [-0.2, -0.15) is 0 Å². The van der Waals surface area contributed by atoms with Gasteiger partial charge in [0.05, 0.1) is 11.7 Å². The summed E-state index contributed by atoms with van der Waals surface area (Å²) in [7, 11) is 0. The zero-order valence-electron chi connectivity index (χ0n) is 11.9. The number of nitrogens with one attached hydrogen (secondary N) is 1. The summed E-state index contributed by atoms with van der Waals surface area (Å²) in [5, 5.41) is 2.72. The molecule has 22 heavy (non-hydrogen) atoms. The summed E-state index contributed by atoms with van der Waals surface area (Å²) in [6, 6.07) is 7.96. The zero-order chi connectivity index (χ0) is 15.6. The highest BCUT2D eigenvalue weighted by molar-refractivity contribution is 5.88. The van der Waals surface area contributed by atoms with E-state index in [9.17, 15) is 9.18 Å². The topological polar surface area (TPSA) is 77.2 Å². The molecule has 1 amide bonds. The lowest BCUT2D eigenvalue weighted by atomic mass is 10.2. The van der Waals surface area contributed by atoms with Crippen LogP contribution in [0.5, 0.6) is 11.5 Å². The van der Waals surface area contributed by atoms with Crippen molar-refractivity contribution < 1.29 is 13.9 Å². The Kier molecular flexibility index (Phi) is 3.77. The van der Waals surface area contributed by atoms with Crippen LogP contribution in [0, 0.1) is 5.82 Å². The molecule has 0 unspecified atom stereocenters. The summed E-state index contributed by atoms with van der Waals surface area (Å²) in [5.41, 5.74) is 5.71. The molecule has 0 atom stereocenters. The molecule has 1 aliphatic rings. The van der Waals surface area contributed by atoms with Crippen LogP contribution in [0.3, 0.4) is 0 Å². The molecule has 1 saturated carbocycles. The fourth-order valence-electron chi connectivity index (χ4n) is 1.99. The third-order valence-corrected chi connectivity index (χ3v) is 3.55. The fourth-order valence-corrected chi connectivity index (χ4v) is 1.99. The van der Waals surface area contributed by atoms with E-state index in [0.29, 0.717) is 24.2 Å². The molecule has 6 heteroatoms. The van der Waals surface area contributed by atoms with Crippen LogP contribution in [-0.2, 0) is 11.3 Å². The maximum atomic E-state index is 14.0. The minimum Gasteiger partial charge on any atom is -0.453 e. The number of hydrogen-bond acceptors (Lipinski definition) is 4. The van der Waals surface area contributed by atoms with Crippen LogP contribution >= 0.6 is 0 Å². The lowest BCUT2D eigenvalue weighted by Crippen LogP contribution is -2.42. The van der Waals surface area contributed by atoms with Gasteiger partial charge in [-0.3, -0.25) is 9.78 Å². The lowest BCUT2D eigenvalue weighted by Gasteiger charge is -2.11. The highest BCUT2D eigenvalue weighted by atomic mass is 19.1. The van der Waals surface area contributed by atoms with Gasteiger partial charge in [0.2, 0.25) is 5.91 Å². The van der Waals surface area contributed by atoms with E-state index >= 15 is 0 Å². The second-order valence-corrected chi connectivity index (χ2v) is 5.39. The Morgan fingerprint density at radius 3 is 2.86 bits per heavy atom. The molecule has 0 spiro atoms. The second-order valence-electron chi connectivity index (χ2n) is 5.39. The number of halogens is 1. The van der Waals surface area contributed by atoms with Gasteiger partial charge in [-0.1, -0.05) is 6.07 Å². The van der Waals surface area contributed by atoms with Gasteiger partial charge >= 0.3 is 0 Å². The van der Waals surface area contributed by atoms with Crippen LogP contribution in [0.25, 0.3) is 0 Å². The van der Waals surface area contributed by atoms with Gasteiger partial charge in [-0.15, -0.1) is 0 Å². The Hall–Kier alpha value is -2.47. The average molecular weight is 301 g/mol. The Balaban J connectivity index is 1.63. The number of nitrogens with two attached hydrogens (primary N) is 1. The van der Waals surface area contributed by atoms with Crippen LogP contribution in [-0.4, -0.2) is 16.4 Å². The van der Waals surface area contributed by atoms with Crippen molar-refractivity contribution in [1.82, 2.24) is 10.3 Å². The normalized spacial score (nSPS) is 15.2. The number of pyridine rings is 1. The molecule has 0 bridgehead atoms. The number of rotatable bonds is 5. The predicted molar refractivity (Wildman–Crippen MR) is 78.7 cm³/mol. The maximum absolute atomic E-state index is 14.0. The summed E-state index contributed by atoms with van der Waals surface area (Å²) in [4.78, 5) is 15.6. The first-order valence-electron chi connectivity index (χ1n) is 7.00. The molecule has 2 aromatic rings. The average Bonchev–Trinajstić information content (AvgIpc) is 3.27. The first-order chi connectivity index (χ1) is 10.6. The van der Waals surface area contributed by atoms with Crippen molar-refractivity contribution in [1.29, 1.82) is 0 Å². The molecule has 3 N–H and O–H groups in total. The van der Waals surface area contributed by atoms with E-state index in [0.717, 1.165) is 0 Å². The van der Waals surface area contributed by atoms with Gasteiger partial charge in [-0.25, -0.2) is 4.39 Å². The monoisotopic (exact) mass is 301 g/mol. The Labute approximate surface area is 127 Å². The summed E-state index contributed by atoms with van der Waals surface area (Å²) in [5.74, 6) is -0.116. The fraction of sp³-hybridized carbons (Fsp3) is 0.250. The smallest absolute Gasteiger partial charge is 0.240 e. The van der Waals surface area contributed by atoms with Gasteiger partial charge in [0, 0.05) is 12.7 Å². The van der Waals surface area contributed by atoms with Crippen molar-refractivity contribution in [3.05, 3.63) is 54.1 Å². The Bertz CT molecular complexity index is 687. The molecule has 1 fully saturated rings. The number of benzene rings is 1. The van der Waals surface area contributed by atoms with Crippen LogP contribution in [0.2, 0.25) is 0 Å². The van der Waals surface area contributed by atoms with E-state index in [4.69, 9.17) is 10.5 Å². The lowest BCUT2D eigenvalue weighted by molar-refractivity contribution is -0.123. The SMILES string of the molecule is NC1(C(=O)NCc2ccc(Oc3cccnc3)c(F)c2)CC1. The van der Waals surface area contributed by atoms with Gasteiger partial charge in [0.15, 0.2) is 11.6 Å². The standard InChI is InChI=1S/C16H16FN3O2/c17-13-8-11(9-20-15(21)16(18)5-6-16)3-4-14(13)22-12-2-1-7-19-10-12/h1-4,7-8,10H,5-6,9,18H2,(H,20,21). The number of hydrogen-bond donors (Lipinski definition) is 2. The number of carbonyl (C=O) groups is 1. The molecular weight excluding hydrogens is 285 g/mol. The van der Waals surface area contributed by atoms with Crippen molar-refractivity contribution in [2.75, 3.05) is 0 Å². The van der Waals surface area contributed by atoms with E-state index < -0.39 is 11.4 Å². The maximum Gasteiger partial charge on any atom is 0.240 e. The molecule has 1 heterocycles. The van der Waals surface area contributed by atoms with Crippen molar-refractivity contribution in [2.45, 2.75) is 24.9 Å². The molecular formula is C16H16FN3O2. The molecule has 0 saturated heterocycles. The van der Waals surface area contributed by atoms with Gasteiger partial charge < -0.3 is 15.8 Å². The molecule has 114 valence electrons. The third kappa shape index (κ3) is 3.23. The van der Waals surface area contributed by atoms with Crippen molar-refractivity contribution in [2.24, 2.45) is 5.73 Å². The molecule has 0 aliphatic heterocycles. The first kappa shape index (κ1) is 14.5. The minimum absolute atomic E-state index is 0.112. The van der Waals surface area contributed by atoms with E-state index in [1.807, 2.05) is 0 Å².